The molecule has 2 aromatic carbocycles. The third-order valence-electron chi connectivity index (χ3n) is 3.08. The summed E-state index contributed by atoms with van der Waals surface area (Å²) in [5.41, 5.74) is 7.64. The second-order valence-corrected chi connectivity index (χ2v) is 4.95. The van der Waals surface area contributed by atoms with Crippen molar-refractivity contribution in [1.82, 2.24) is 10.2 Å². The molecular weight excluding hydrogens is 274 g/mol. The Balaban J connectivity index is 1.94. The predicted molar refractivity (Wildman–Crippen MR) is 80.4 cm³/mol. The van der Waals surface area contributed by atoms with Gasteiger partial charge in [-0.05, 0) is 48.9 Å². The lowest BCUT2D eigenvalue weighted by molar-refractivity contribution is 0.477. The number of rotatable bonds is 4. The van der Waals surface area contributed by atoms with Crippen LogP contribution in [0.3, 0.4) is 0 Å². The number of benzene rings is 2. The van der Waals surface area contributed by atoms with Gasteiger partial charge in [-0.1, -0.05) is 17.7 Å². The molecule has 0 aliphatic rings. The number of nitrogens with zero attached hydrogens (tertiary/aromatic N) is 1. The lowest BCUT2D eigenvalue weighted by atomic mass is 10.1. The Labute approximate surface area is 121 Å². The molecule has 0 spiro atoms. The highest BCUT2D eigenvalue weighted by molar-refractivity contribution is 6.30. The van der Waals surface area contributed by atoms with Crippen LogP contribution >= 0.6 is 11.6 Å². The Morgan fingerprint density at radius 2 is 2.10 bits per heavy atom. The van der Waals surface area contributed by atoms with Gasteiger partial charge in [0.2, 0.25) is 0 Å². The maximum Gasteiger partial charge on any atom is 0.132 e. The second kappa shape index (κ2) is 5.53. The topological polar surface area (TPSA) is 63.9 Å². The van der Waals surface area contributed by atoms with Gasteiger partial charge in [0.1, 0.15) is 11.5 Å². The van der Waals surface area contributed by atoms with E-state index in [2.05, 4.69) is 10.2 Å². The van der Waals surface area contributed by atoms with Crippen molar-refractivity contribution in [3.8, 4) is 11.5 Å². The zero-order chi connectivity index (χ0) is 13.9. The fraction of sp³-hybridized carbons (Fsp3) is 0.133. The molecule has 5 heteroatoms. The van der Waals surface area contributed by atoms with Crippen LogP contribution in [-0.4, -0.2) is 16.7 Å². The van der Waals surface area contributed by atoms with Crippen LogP contribution in [0, 0.1) is 0 Å². The van der Waals surface area contributed by atoms with E-state index < -0.39 is 0 Å². The van der Waals surface area contributed by atoms with Crippen LogP contribution in [0.25, 0.3) is 10.9 Å². The average Bonchev–Trinajstić information content (AvgIpc) is 2.89. The van der Waals surface area contributed by atoms with E-state index in [1.54, 1.807) is 6.20 Å². The van der Waals surface area contributed by atoms with Gasteiger partial charge in [-0.25, -0.2) is 0 Å². The van der Waals surface area contributed by atoms with Crippen molar-refractivity contribution in [2.45, 2.75) is 6.42 Å². The summed E-state index contributed by atoms with van der Waals surface area (Å²) in [6.45, 7) is 0.568. The van der Waals surface area contributed by atoms with E-state index in [1.165, 1.54) is 0 Å². The summed E-state index contributed by atoms with van der Waals surface area (Å²) in [6, 6.07) is 11.4. The molecule has 3 aromatic rings. The maximum atomic E-state index is 6.03. The summed E-state index contributed by atoms with van der Waals surface area (Å²) >= 11 is 6.03. The third-order valence-corrected chi connectivity index (χ3v) is 3.32. The molecule has 0 saturated carbocycles. The number of fused-ring (bicyclic) bond motifs is 1. The quantitative estimate of drug-likeness (QED) is 0.772. The second-order valence-electron chi connectivity index (χ2n) is 4.51. The Bertz CT molecular complexity index is 739. The number of hydrogen-bond donors (Lipinski definition) is 2. The normalized spacial score (nSPS) is 10.9. The molecule has 4 nitrogen and oxygen atoms in total. The average molecular weight is 288 g/mol. The summed E-state index contributed by atoms with van der Waals surface area (Å²) in [5, 5.41) is 8.55. The van der Waals surface area contributed by atoms with E-state index in [1.807, 2.05) is 36.4 Å². The lowest BCUT2D eigenvalue weighted by Crippen LogP contribution is -2.04. The number of ether oxygens (including phenoxy) is 1. The molecule has 0 amide bonds. The zero-order valence-corrected chi connectivity index (χ0v) is 11.5. The molecule has 0 fully saturated rings. The molecule has 0 aliphatic heterocycles. The smallest absolute Gasteiger partial charge is 0.132 e. The number of nitrogens with one attached hydrogen (secondary N) is 1. The number of nitrogens with two attached hydrogens (primary N) is 1. The molecule has 0 aliphatic carbocycles. The summed E-state index contributed by atoms with van der Waals surface area (Å²) < 4.78 is 5.94. The van der Waals surface area contributed by atoms with Crippen molar-refractivity contribution in [1.29, 1.82) is 0 Å². The highest BCUT2D eigenvalue weighted by atomic mass is 35.5. The van der Waals surface area contributed by atoms with Gasteiger partial charge < -0.3 is 10.5 Å². The number of H-pyrrole nitrogens is 1. The Morgan fingerprint density at radius 3 is 2.95 bits per heavy atom. The number of aromatic nitrogens is 2. The van der Waals surface area contributed by atoms with E-state index in [4.69, 9.17) is 22.1 Å². The van der Waals surface area contributed by atoms with Gasteiger partial charge in [0, 0.05) is 10.4 Å². The molecule has 0 atom stereocenters. The van der Waals surface area contributed by atoms with Crippen molar-refractivity contribution in [2.75, 3.05) is 6.54 Å². The van der Waals surface area contributed by atoms with Crippen LogP contribution in [-0.2, 0) is 6.42 Å². The van der Waals surface area contributed by atoms with Crippen molar-refractivity contribution in [3.63, 3.8) is 0 Å². The van der Waals surface area contributed by atoms with E-state index in [-0.39, 0.29) is 0 Å². The highest BCUT2D eigenvalue weighted by Gasteiger charge is 2.07. The lowest BCUT2D eigenvalue weighted by Gasteiger charge is -2.11. The molecule has 102 valence electrons. The summed E-state index contributed by atoms with van der Waals surface area (Å²) in [7, 11) is 0. The third kappa shape index (κ3) is 2.61. The van der Waals surface area contributed by atoms with Crippen molar-refractivity contribution in [3.05, 3.63) is 53.2 Å². The van der Waals surface area contributed by atoms with Crippen molar-refractivity contribution >= 4 is 22.5 Å². The van der Waals surface area contributed by atoms with Gasteiger partial charge >= 0.3 is 0 Å². The first kappa shape index (κ1) is 13.0. The summed E-state index contributed by atoms with van der Waals surface area (Å²) in [5.74, 6) is 1.49. The van der Waals surface area contributed by atoms with E-state index in [0.29, 0.717) is 11.6 Å². The van der Waals surface area contributed by atoms with Gasteiger partial charge in [-0.2, -0.15) is 5.10 Å². The minimum atomic E-state index is 0.568. The van der Waals surface area contributed by atoms with Crippen molar-refractivity contribution in [2.24, 2.45) is 5.73 Å². The van der Waals surface area contributed by atoms with Crippen molar-refractivity contribution < 1.29 is 4.74 Å². The van der Waals surface area contributed by atoms with Crippen LogP contribution in [0.1, 0.15) is 5.56 Å². The molecule has 0 bridgehead atoms. The standard InChI is InChI=1S/C15H14ClN3O/c16-12-2-1-10(5-6-17)15(8-12)20-13-3-4-14-11(7-13)9-18-19-14/h1-4,7-9H,5-6,17H2,(H,18,19). The summed E-state index contributed by atoms with van der Waals surface area (Å²) in [4.78, 5) is 0. The number of halogens is 1. The molecule has 1 aromatic heterocycles. The van der Waals surface area contributed by atoms with E-state index in [0.717, 1.165) is 34.4 Å². The van der Waals surface area contributed by atoms with Gasteiger partial charge in [-0.15, -0.1) is 0 Å². The molecule has 1 heterocycles. The fourth-order valence-corrected chi connectivity index (χ4v) is 2.26. The van der Waals surface area contributed by atoms with Crippen LogP contribution in [0.15, 0.2) is 42.6 Å². The number of aromatic amines is 1. The molecule has 0 radical (unpaired) electrons. The fourth-order valence-electron chi connectivity index (χ4n) is 2.10. The van der Waals surface area contributed by atoms with E-state index >= 15 is 0 Å². The van der Waals surface area contributed by atoms with Crippen LogP contribution in [0.4, 0.5) is 0 Å². The molecule has 20 heavy (non-hydrogen) atoms. The minimum absolute atomic E-state index is 0.568. The monoisotopic (exact) mass is 287 g/mol. The number of hydrogen-bond acceptors (Lipinski definition) is 3. The van der Waals surface area contributed by atoms with Crippen LogP contribution in [0.5, 0.6) is 11.5 Å². The Morgan fingerprint density at radius 1 is 1.20 bits per heavy atom. The predicted octanol–water partition coefficient (Wildman–Crippen LogP) is 3.51. The van der Waals surface area contributed by atoms with Crippen LogP contribution < -0.4 is 10.5 Å². The largest absolute Gasteiger partial charge is 0.457 e. The first-order valence-corrected chi connectivity index (χ1v) is 6.73. The first-order chi connectivity index (χ1) is 9.76. The molecule has 0 unspecified atom stereocenters. The van der Waals surface area contributed by atoms with Gasteiger partial charge in [0.25, 0.3) is 0 Å². The molecule has 3 N–H and O–H groups in total. The van der Waals surface area contributed by atoms with E-state index in [9.17, 15) is 0 Å². The van der Waals surface area contributed by atoms with Gasteiger partial charge in [0.15, 0.2) is 0 Å². The zero-order valence-electron chi connectivity index (χ0n) is 10.8. The Kier molecular flexibility index (Phi) is 3.58. The van der Waals surface area contributed by atoms with Gasteiger partial charge in [-0.3, -0.25) is 5.10 Å². The molecular formula is C15H14ClN3O. The molecule has 3 rings (SSSR count). The first-order valence-electron chi connectivity index (χ1n) is 6.36. The minimum Gasteiger partial charge on any atom is -0.457 e. The van der Waals surface area contributed by atoms with Crippen LogP contribution in [0.2, 0.25) is 5.02 Å². The summed E-state index contributed by atoms with van der Waals surface area (Å²) in [6.07, 6.45) is 2.52. The maximum absolute atomic E-state index is 6.03. The Hall–Kier alpha value is -2.04. The molecule has 0 saturated heterocycles. The SMILES string of the molecule is NCCc1ccc(Cl)cc1Oc1ccc2[nH]ncc2c1. The highest BCUT2D eigenvalue weighted by Crippen LogP contribution is 2.30. The van der Waals surface area contributed by atoms with Gasteiger partial charge in [0.05, 0.1) is 11.7 Å².